The molecular weight excluding hydrogens is 268 g/mol. The quantitative estimate of drug-likeness (QED) is 0.807. The lowest BCUT2D eigenvalue weighted by Crippen LogP contribution is -2.59. The van der Waals surface area contributed by atoms with Crippen molar-refractivity contribution in [1.82, 2.24) is 5.32 Å². The van der Waals surface area contributed by atoms with E-state index >= 15 is 0 Å². The fraction of sp³-hybridized carbons (Fsp3) is 0.938. The number of rotatable bonds is 2. The van der Waals surface area contributed by atoms with Crippen molar-refractivity contribution >= 4 is 5.91 Å². The third-order valence-electron chi connectivity index (χ3n) is 5.77. The summed E-state index contributed by atoms with van der Waals surface area (Å²) < 4.78 is 10.8. The molecule has 2 saturated heterocycles. The summed E-state index contributed by atoms with van der Waals surface area (Å²) in [6.07, 6.45) is 8.22. The van der Waals surface area contributed by atoms with Gasteiger partial charge in [0.2, 0.25) is 5.91 Å². The maximum absolute atomic E-state index is 12.4. The van der Waals surface area contributed by atoms with Gasteiger partial charge in [0, 0.05) is 32.5 Å². The lowest BCUT2D eigenvalue weighted by molar-refractivity contribution is -0.131. The van der Waals surface area contributed by atoms with Crippen LogP contribution in [0.4, 0.5) is 0 Å². The molecule has 21 heavy (non-hydrogen) atoms. The molecular formula is C16H28N2O3. The van der Waals surface area contributed by atoms with Crippen LogP contribution in [-0.2, 0) is 14.3 Å². The zero-order valence-corrected chi connectivity index (χ0v) is 12.9. The molecule has 0 unspecified atom stereocenters. The van der Waals surface area contributed by atoms with E-state index in [0.717, 1.165) is 26.1 Å². The molecule has 5 heteroatoms. The van der Waals surface area contributed by atoms with Crippen LogP contribution >= 0.6 is 0 Å². The van der Waals surface area contributed by atoms with Gasteiger partial charge in [-0.2, -0.15) is 0 Å². The van der Waals surface area contributed by atoms with Gasteiger partial charge in [0.1, 0.15) is 0 Å². The van der Waals surface area contributed by atoms with Gasteiger partial charge in [-0.25, -0.2) is 0 Å². The van der Waals surface area contributed by atoms with Gasteiger partial charge in [-0.1, -0.05) is 0 Å². The van der Waals surface area contributed by atoms with E-state index < -0.39 is 5.54 Å². The molecule has 2 aliphatic heterocycles. The van der Waals surface area contributed by atoms with Crippen LogP contribution in [0.15, 0.2) is 0 Å². The van der Waals surface area contributed by atoms with E-state index in [0.29, 0.717) is 37.5 Å². The van der Waals surface area contributed by atoms with Crippen LogP contribution in [0, 0.1) is 5.41 Å². The second kappa shape index (κ2) is 6.23. The zero-order chi connectivity index (χ0) is 14.8. The Morgan fingerprint density at radius 1 is 0.905 bits per heavy atom. The summed E-state index contributed by atoms with van der Waals surface area (Å²) in [7, 11) is 0. The summed E-state index contributed by atoms with van der Waals surface area (Å²) in [5, 5.41) is 3.20. The van der Waals surface area contributed by atoms with Gasteiger partial charge in [0.15, 0.2) is 0 Å². The van der Waals surface area contributed by atoms with Crippen molar-refractivity contribution in [2.24, 2.45) is 11.1 Å². The topological polar surface area (TPSA) is 73.6 Å². The average Bonchev–Trinajstić information content (AvgIpc) is 2.51. The van der Waals surface area contributed by atoms with Gasteiger partial charge >= 0.3 is 0 Å². The lowest BCUT2D eigenvalue weighted by atomic mass is 9.68. The maximum atomic E-state index is 12.4. The van der Waals surface area contributed by atoms with Crippen molar-refractivity contribution in [2.45, 2.75) is 62.9 Å². The molecule has 5 nitrogen and oxygen atoms in total. The SMILES string of the molecule is NC1(C(=O)NC2CCC3(CCOCC3)CC2)CCOCC1. The minimum absolute atomic E-state index is 0.0266. The Balaban J connectivity index is 1.49. The highest BCUT2D eigenvalue weighted by Crippen LogP contribution is 2.44. The van der Waals surface area contributed by atoms with E-state index in [1.54, 1.807) is 0 Å². The van der Waals surface area contributed by atoms with Crippen LogP contribution < -0.4 is 11.1 Å². The molecule has 1 amide bonds. The molecule has 0 aromatic heterocycles. The molecule has 120 valence electrons. The number of nitrogens with two attached hydrogens (primary N) is 1. The monoisotopic (exact) mass is 296 g/mol. The Hall–Kier alpha value is -0.650. The van der Waals surface area contributed by atoms with Crippen molar-refractivity contribution < 1.29 is 14.3 Å². The fourth-order valence-electron chi connectivity index (χ4n) is 3.97. The van der Waals surface area contributed by atoms with E-state index in [1.807, 2.05) is 0 Å². The molecule has 0 aromatic rings. The van der Waals surface area contributed by atoms with Crippen LogP contribution in [0.5, 0.6) is 0 Å². The van der Waals surface area contributed by atoms with Gasteiger partial charge in [0.25, 0.3) is 0 Å². The number of carbonyl (C=O) groups is 1. The first kappa shape index (κ1) is 15.3. The molecule has 0 atom stereocenters. The first-order chi connectivity index (χ1) is 10.1. The van der Waals surface area contributed by atoms with Crippen LogP contribution in [-0.4, -0.2) is 43.9 Å². The second-order valence-corrected chi connectivity index (χ2v) is 7.13. The second-order valence-electron chi connectivity index (χ2n) is 7.13. The summed E-state index contributed by atoms with van der Waals surface area (Å²) in [6.45, 7) is 3.00. The molecule has 0 bridgehead atoms. The molecule has 2 heterocycles. The molecule has 1 saturated carbocycles. The Bertz CT molecular complexity index is 364. The first-order valence-corrected chi connectivity index (χ1v) is 8.37. The standard InChI is InChI=1S/C16H28N2O3/c17-16(7-11-21-12-8-16)14(19)18-13-1-3-15(4-2-13)5-9-20-10-6-15/h13H,1-12,17H2,(H,18,19). The Labute approximate surface area is 126 Å². The predicted molar refractivity (Wildman–Crippen MR) is 79.9 cm³/mol. The number of ether oxygens (including phenoxy) is 2. The smallest absolute Gasteiger partial charge is 0.240 e. The summed E-state index contributed by atoms with van der Waals surface area (Å²) in [5.74, 6) is 0.0266. The van der Waals surface area contributed by atoms with Crippen molar-refractivity contribution in [3.05, 3.63) is 0 Å². The number of hydrogen-bond donors (Lipinski definition) is 2. The normalized spacial score (nSPS) is 29.2. The van der Waals surface area contributed by atoms with E-state index in [9.17, 15) is 4.79 Å². The van der Waals surface area contributed by atoms with Gasteiger partial charge < -0.3 is 20.5 Å². The Morgan fingerprint density at radius 3 is 2.00 bits per heavy atom. The number of hydrogen-bond acceptors (Lipinski definition) is 4. The number of amides is 1. The maximum Gasteiger partial charge on any atom is 0.240 e. The molecule has 1 spiro atoms. The molecule has 3 fully saturated rings. The van der Waals surface area contributed by atoms with Gasteiger partial charge in [-0.05, 0) is 56.8 Å². The summed E-state index contributed by atoms with van der Waals surface area (Å²) in [4.78, 5) is 12.4. The molecule has 1 aliphatic carbocycles. The summed E-state index contributed by atoms with van der Waals surface area (Å²) in [6, 6.07) is 0.300. The van der Waals surface area contributed by atoms with Crippen LogP contribution in [0.3, 0.4) is 0 Å². The third kappa shape index (κ3) is 3.41. The predicted octanol–water partition coefficient (Wildman–Crippen LogP) is 1.35. The van der Waals surface area contributed by atoms with Crippen molar-refractivity contribution in [1.29, 1.82) is 0 Å². The Morgan fingerprint density at radius 2 is 1.43 bits per heavy atom. The molecule has 3 rings (SSSR count). The van der Waals surface area contributed by atoms with Crippen LogP contribution in [0.1, 0.15) is 51.4 Å². The minimum atomic E-state index is -0.716. The molecule has 0 radical (unpaired) electrons. The lowest BCUT2D eigenvalue weighted by Gasteiger charge is -2.43. The highest BCUT2D eigenvalue weighted by atomic mass is 16.5. The van der Waals surface area contributed by atoms with E-state index in [2.05, 4.69) is 5.32 Å². The van der Waals surface area contributed by atoms with E-state index in [4.69, 9.17) is 15.2 Å². The Kier molecular flexibility index (Phi) is 4.52. The van der Waals surface area contributed by atoms with Crippen molar-refractivity contribution in [3.63, 3.8) is 0 Å². The summed E-state index contributed by atoms with van der Waals surface area (Å²) in [5.41, 5.74) is 6.02. The molecule has 0 aromatic carbocycles. The summed E-state index contributed by atoms with van der Waals surface area (Å²) >= 11 is 0. The fourth-order valence-corrected chi connectivity index (χ4v) is 3.97. The molecule has 3 N–H and O–H groups in total. The van der Waals surface area contributed by atoms with Crippen LogP contribution in [0.25, 0.3) is 0 Å². The largest absolute Gasteiger partial charge is 0.381 e. The third-order valence-corrected chi connectivity index (χ3v) is 5.77. The van der Waals surface area contributed by atoms with Crippen LogP contribution in [0.2, 0.25) is 0 Å². The van der Waals surface area contributed by atoms with E-state index in [1.165, 1.54) is 25.7 Å². The van der Waals surface area contributed by atoms with Gasteiger partial charge in [0.05, 0.1) is 5.54 Å². The number of nitrogens with one attached hydrogen (secondary N) is 1. The highest BCUT2D eigenvalue weighted by Gasteiger charge is 2.40. The minimum Gasteiger partial charge on any atom is -0.381 e. The van der Waals surface area contributed by atoms with Gasteiger partial charge in [-0.3, -0.25) is 4.79 Å². The molecule has 3 aliphatic rings. The zero-order valence-electron chi connectivity index (χ0n) is 12.9. The highest BCUT2D eigenvalue weighted by molar-refractivity contribution is 5.86. The number of carbonyl (C=O) groups excluding carboxylic acids is 1. The van der Waals surface area contributed by atoms with Crippen molar-refractivity contribution in [3.8, 4) is 0 Å². The average molecular weight is 296 g/mol. The first-order valence-electron chi connectivity index (χ1n) is 8.37. The van der Waals surface area contributed by atoms with Crippen molar-refractivity contribution in [2.75, 3.05) is 26.4 Å². The van der Waals surface area contributed by atoms with Gasteiger partial charge in [-0.15, -0.1) is 0 Å². The van der Waals surface area contributed by atoms with E-state index in [-0.39, 0.29) is 5.91 Å².